The number of nitrogens with two attached hydrogens (primary N) is 1. The molecule has 0 saturated carbocycles. The number of aryl methyl sites for hydroxylation is 2. The van der Waals surface area contributed by atoms with Crippen LogP contribution in [-0.4, -0.2) is 92.2 Å². The van der Waals surface area contributed by atoms with Gasteiger partial charge in [-0.3, -0.25) is 14.5 Å². The lowest BCUT2D eigenvalue weighted by molar-refractivity contribution is -0.149. The van der Waals surface area contributed by atoms with Gasteiger partial charge >= 0.3 is 23.0 Å². The molecule has 12 nitrogen and oxygen atoms in total. The van der Waals surface area contributed by atoms with Gasteiger partial charge in [0.15, 0.2) is 49.6 Å². The molecule has 0 fully saturated rings. The van der Waals surface area contributed by atoms with Gasteiger partial charge < -0.3 is 24.3 Å². The van der Waals surface area contributed by atoms with Crippen molar-refractivity contribution in [2.45, 2.75) is 106 Å². The predicted octanol–water partition coefficient (Wildman–Crippen LogP) is 10.7. The van der Waals surface area contributed by atoms with Crippen LogP contribution in [0.4, 0.5) is 26.3 Å². The van der Waals surface area contributed by atoms with E-state index in [4.69, 9.17) is 41.1 Å². The van der Waals surface area contributed by atoms with Crippen LogP contribution in [-0.2, 0) is 73.9 Å². The minimum atomic E-state index is -6.09. The Balaban J connectivity index is 0.000000323. The average Bonchev–Trinajstić information content (AvgIpc) is 3.36. The molecule has 0 bridgehead atoms. The average molecular weight is 1140 g/mol. The van der Waals surface area contributed by atoms with Crippen LogP contribution in [0, 0.1) is 0 Å². The zero-order valence-corrected chi connectivity index (χ0v) is 45.3. The number of rotatable bonds is 19. The van der Waals surface area contributed by atoms with Crippen LogP contribution in [0.25, 0.3) is 0 Å². The van der Waals surface area contributed by atoms with Gasteiger partial charge in [0.05, 0.1) is 48.1 Å². The minimum Gasteiger partial charge on any atom is -0.741 e. The number of hydrogen-bond acceptors (Lipinski definition) is 12. The fraction of sp³-hybridized carbons (Fsp3) is 0.296. The lowest BCUT2D eigenvalue weighted by Gasteiger charge is -2.27. The van der Waals surface area contributed by atoms with E-state index >= 15 is 0 Å². The SMILES string of the molecule is CC(N)CCc1ccc([S+](c2ccccc2)c2ccccc2)cc1.CCOC(=O)CN(CC(=O)OCC)C(C)CCc1ccc([S+](c2ccccc2)c2ccccc2)cc1.O=S(=O)([O-])C(F)(F)F.O=S(=O)([O-])C(F)(F)F. The fourth-order valence-corrected chi connectivity index (χ4v) is 10.9. The van der Waals surface area contributed by atoms with Crippen LogP contribution in [0.3, 0.4) is 0 Å². The van der Waals surface area contributed by atoms with E-state index in [1.165, 1.54) is 40.5 Å². The topological polar surface area (TPSA) is 196 Å². The highest BCUT2D eigenvalue weighted by molar-refractivity contribution is 7.97. The molecule has 0 spiro atoms. The summed E-state index contributed by atoms with van der Waals surface area (Å²) in [6, 6.07) is 60.9. The molecule has 2 unspecified atom stereocenters. The van der Waals surface area contributed by atoms with Crippen LogP contribution in [0.2, 0.25) is 0 Å². The molecule has 0 heterocycles. The van der Waals surface area contributed by atoms with E-state index in [1.54, 1.807) is 13.8 Å². The molecule has 6 aromatic rings. The third-order valence-electron chi connectivity index (χ3n) is 10.4. The first kappa shape index (κ1) is 64.6. The molecule has 22 heteroatoms. The van der Waals surface area contributed by atoms with Crippen LogP contribution in [0.5, 0.6) is 0 Å². The van der Waals surface area contributed by atoms with Crippen LogP contribution in [0.1, 0.15) is 51.7 Å². The summed E-state index contributed by atoms with van der Waals surface area (Å²) < 4.78 is 128. The Morgan fingerprint density at radius 2 is 0.750 bits per heavy atom. The second-order valence-corrected chi connectivity index (χ2v) is 23.2. The van der Waals surface area contributed by atoms with Gasteiger partial charge in [-0.05, 0) is 137 Å². The van der Waals surface area contributed by atoms with E-state index in [0.29, 0.717) is 13.2 Å². The maximum absolute atomic E-state index is 12.1. The Morgan fingerprint density at radius 3 is 0.987 bits per heavy atom. The monoisotopic (exact) mass is 1140 g/mol. The molecular formula is C54H60F6N2O10S4. The Bertz CT molecular complexity index is 2710. The molecule has 0 saturated heterocycles. The zero-order valence-electron chi connectivity index (χ0n) is 42.0. The second kappa shape index (κ2) is 31.5. The molecule has 0 aliphatic rings. The molecule has 2 N–H and O–H groups in total. The van der Waals surface area contributed by atoms with Crippen LogP contribution in [0.15, 0.2) is 199 Å². The van der Waals surface area contributed by atoms with Crippen molar-refractivity contribution in [3.8, 4) is 0 Å². The summed E-state index contributed by atoms with van der Waals surface area (Å²) in [6.45, 7) is 8.45. The molecule has 412 valence electrons. The fourth-order valence-electron chi connectivity index (χ4n) is 6.69. The number of nitrogens with zero attached hydrogens (tertiary/aromatic N) is 1. The quantitative estimate of drug-likeness (QED) is 0.0265. The maximum Gasteiger partial charge on any atom is 0.485 e. The van der Waals surface area contributed by atoms with E-state index < -0.39 is 31.3 Å². The Hall–Kier alpha value is -5.72. The number of halogens is 6. The summed E-state index contributed by atoms with van der Waals surface area (Å²) in [5.74, 6) is -0.654. The summed E-state index contributed by atoms with van der Waals surface area (Å²) in [6.07, 6.45) is 3.72. The number of carbonyl (C=O) groups excluding carboxylic acids is 2. The smallest absolute Gasteiger partial charge is 0.485 e. The Kier molecular flexibility index (Phi) is 26.8. The van der Waals surface area contributed by atoms with Gasteiger partial charge in [0, 0.05) is 12.1 Å². The molecule has 76 heavy (non-hydrogen) atoms. The number of hydrogen-bond donors (Lipinski definition) is 1. The first-order valence-corrected chi connectivity index (χ1v) is 28.7. The molecular weight excluding hydrogens is 1080 g/mol. The first-order chi connectivity index (χ1) is 35.7. The third kappa shape index (κ3) is 22.9. The van der Waals surface area contributed by atoms with Gasteiger partial charge in [-0.15, -0.1) is 0 Å². The number of esters is 2. The highest BCUT2D eigenvalue weighted by Gasteiger charge is 2.38. The van der Waals surface area contributed by atoms with Gasteiger partial charge in [-0.25, -0.2) is 16.8 Å². The number of alkyl halides is 6. The summed E-state index contributed by atoms with van der Waals surface area (Å²) >= 11 is 0. The largest absolute Gasteiger partial charge is 0.741 e. The molecule has 2 atom stereocenters. The van der Waals surface area contributed by atoms with Gasteiger partial charge in [0.25, 0.3) is 0 Å². The van der Waals surface area contributed by atoms with Gasteiger partial charge in [-0.1, -0.05) is 97.1 Å². The van der Waals surface area contributed by atoms with E-state index in [-0.39, 0.29) is 58.9 Å². The minimum absolute atomic E-state index is 0.0155. The molecule has 0 radical (unpaired) electrons. The summed E-state index contributed by atoms with van der Waals surface area (Å²) in [5, 5.41) is 0. The summed E-state index contributed by atoms with van der Waals surface area (Å²) in [4.78, 5) is 33.9. The molecule has 0 aliphatic heterocycles. The highest BCUT2D eigenvalue weighted by atomic mass is 32.2. The van der Waals surface area contributed by atoms with Gasteiger partial charge in [0.2, 0.25) is 0 Å². The maximum atomic E-state index is 12.1. The molecule has 0 aromatic heterocycles. The van der Waals surface area contributed by atoms with Gasteiger partial charge in [0.1, 0.15) is 0 Å². The second-order valence-electron chi connectivity index (χ2n) is 16.4. The van der Waals surface area contributed by atoms with Crippen molar-refractivity contribution in [2.24, 2.45) is 5.73 Å². The van der Waals surface area contributed by atoms with E-state index in [1.807, 2.05) is 24.0 Å². The van der Waals surface area contributed by atoms with E-state index in [2.05, 4.69) is 165 Å². The van der Waals surface area contributed by atoms with Crippen molar-refractivity contribution in [1.82, 2.24) is 4.90 Å². The molecule has 6 aromatic carbocycles. The van der Waals surface area contributed by atoms with Crippen molar-refractivity contribution < 1.29 is 71.3 Å². The number of ether oxygens (including phenoxy) is 2. The Morgan fingerprint density at radius 1 is 0.500 bits per heavy atom. The molecule has 6 rings (SSSR count). The van der Waals surface area contributed by atoms with E-state index in [0.717, 1.165) is 25.7 Å². The molecule has 0 amide bonds. The van der Waals surface area contributed by atoms with Gasteiger partial charge in [-0.2, -0.15) is 26.3 Å². The lowest BCUT2D eigenvalue weighted by atomic mass is 10.1. The number of benzene rings is 6. The van der Waals surface area contributed by atoms with Crippen LogP contribution >= 0.6 is 0 Å². The predicted molar refractivity (Wildman–Crippen MR) is 279 cm³/mol. The molecule has 0 aliphatic carbocycles. The van der Waals surface area contributed by atoms with Crippen LogP contribution < -0.4 is 5.73 Å². The van der Waals surface area contributed by atoms with Crippen molar-refractivity contribution in [1.29, 1.82) is 0 Å². The normalized spacial score (nSPS) is 12.5. The lowest BCUT2D eigenvalue weighted by Crippen LogP contribution is -2.42. The number of carbonyl (C=O) groups is 2. The van der Waals surface area contributed by atoms with E-state index in [9.17, 15) is 35.9 Å². The Labute approximate surface area is 446 Å². The summed E-state index contributed by atoms with van der Waals surface area (Å²) in [7, 11) is -12.4. The van der Waals surface area contributed by atoms with Crippen molar-refractivity contribution in [3.63, 3.8) is 0 Å². The zero-order chi connectivity index (χ0) is 56.5. The highest BCUT2D eigenvalue weighted by Crippen LogP contribution is 2.33. The first-order valence-electron chi connectivity index (χ1n) is 23.5. The van der Waals surface area contributed by atoms with Crippen molar-refractivity contribution >= 4 is 54.0 Å². The van der Waals surface area contributed by atoms with Crippen molar-refractivity contribution in [2.75, 3.05) is 26.3 Å². The van der Waals surface area contributed by atoms with Crippen molar-refractivity contribution in [3.05, 3.63) is 181 Å². The standard InChI is InChI=1S/C30H36NO4S.C22H24NS.2CHF3O3S/c1-4-34-29(32)22-31(23-30(33)35-5-2)24(3)16-17-25-18-20-28(21-19-25)36(26-12-8-6-9-13-26)27-14-10-7-11-15-27;1-18(23)12-13-19-14-16-22(17-15-19)24(20-8-4-2-5-9-20)21-10-6-3-7-11-21;2*2-1(3,4)8(5,6)7/h6-15,18-21,24H,4-5,16-17,22-23H2,1-3H3;2-11,14-18H,12-13,23H2,1H3;2*(H,5,6,7)/q2*+1;;/p-2. The third-order valence-corrected chi connectivity index (χ3v) is 16.0. The summed E-state index contributed by atoms with van der Waals surface area (Å²) in [5.41, 5.74) is -2.83.